The Labute approximate surface area is 345 Å². The van der Waals surface area contributed by atoms with Crippen molar-refractivity contribution in [3.63, 3.8) is 0 Å². The van der Waals surface area contributed by atoms with Crippen molar-refractivity contribution in [2.75, 3.05) is 0 Å². The quantitative estimate of drug-likeness (QED) is 0.0776. The Morgan fingerprint density at radius 1 is 0.347 bits per heavy atom. The minimum Gasteiger partial charge on any atom is -0.774 e. The molecule has 4 aromatic rings. The van der Waals surface area contributed by atoms with Gasteiger partial charge in [-0.15, -0.1) is 64.0 Å². The zero-order valence-electron chi connectivity index (χ0n) is 29.1. The van der Waals surface area contributed by atoms with Crippen molar-refractivity contribution in [3.8, 4) is 0 Å². The second-order valence-corrected chi connectivity index (χ2v) is 19.2. The van der Waals surface area contributed by atoms with Crippen molar-refractivity contribution in [3.05, 3.63) is 136 Å². The fourth-order valence-corrected chi connectivity index (χ4v) is 10.3. The predicted molar refractivity (Wildman–Crippen MR) is 229 cm³/mol. The van der Waals surface area contributed by atoms with Crippen LogP contribution in [0.2, 0.25) is 0 Å². The van der Waals surface area contributed by atoms with Crippen LogP contribution in [0.4, 0.5) is 0 Å². The van der Waals surface area contributed by atoms with Crippen molar-refractivity contribution in [1.82, 2.24) is 0 Å². The largest absolute Gasteiger partial charge is 0.774 e. The molecule has 0 fully saturated rings. The van der Waals surface area contributed by atoms with E-state index in [9.17, 15) is 0 Å². The maximum Gasteiger partial charge on any atom is 0.0135 e. The molecule has 0 saturated carbocycles. The smallest absolute Gasteiger partial charge is 0.0135 e. The maximum absolute atomic E-state index is 5.61. The van der Waals surface area contributed by atoms with Crippen LogP contribution in [0.1, 0.15) is 101 Å². The third-order valence-electron chi connectivity index (χ3n) is 7.31. The van der Waals surface area contributed by atoms with Crippen LogP contribution >= 0.6 is 47.0 Å². The number of hydrogen-bond donors (Lipinski definition) is 0. The summed E-state index contributed by atoms with van der Waals surface area (Å²) >= 11 is 28.9. The van der Waals surface area contributed by atoms with Gasteiger partial charge in [-0.3, -0.25) is 0 Å². The Morgan fingerprint density at radius 3 is 0.673 bits per heavy atom. The molecular weight excluding hydrogens is 796 g/mol. The van der Waals surface area contributed by atoms with Crippen LogP contribution in [0.15, 0.2) is 134 Å². The SMILES string of the molecule is CC(C)c1ccccc1S/C([S-])=C(/[S-])Sc1ccccc1C(C)C.CC(C)c1ccccc1S/C([S-])=C(/[S-])Sc1ccccc1C(C)C.[Ni]. The number of thioether (sulfide) groups is 4. The van der Waals surface area contributed by atoms with Gasteiger partial charge < -0.3 is 50.5 Å². The predicted octanol–water partition coefficient (Wildman–Crippen LogP) is 14.1. The van der Waals surface area contributed by atoms with Gasteiger partial charge in [0, 0.05) is 36.1 Å². The monoisotopic (exact) mass is 838 g/mol. The molecule has 9 heteroatoms. The van der Waals surface area contributed by atoms with Crippen LogP contribution < -0.4 is 0 Å². The van der Waals surface area contributed by atoms with E-state index in [1.165, 1.54) is 41.8 Å². The van der Waals surface area contributed by atoms with E-state index in [1.807, 2.05) is 0 Å². The van der Waals surface area contributed by atoms with E-state index in [2.05, 4.69) is 152 Å². The summed E-state index contributed by atoms with van der Waals surface area (Å²) < 4.78 is 3.12. The third-order valence-corrected chi connectivity index (χ3v) is 14.1. The molecule has 0 nitrogen and oxygen atoms in total. The Hall–Kier alpha value is -0.866. The molecule has 0 unspecified atom stereocenters. The maximum atomic E-state index is 5.61. The molecule has 0 N–H and O–H groups in total. The van der Waals surface area contributed by atoms with Gasteiger partial charge >= 0.3 is 0 Å². The topological polar surface area (TPSA) is 0 Å². The van der Waals surface area contributed by atoms with Crippen molar-refractivity contribution < 1.29 is 16.5 Å². The van der Waals surface area contributed by atoms with Crippen LogP contribution in [-0.4, -0.2) is 0 Å². The van der Waals surface area contributed by atoms with Gasteiger partial charge in [0.25, 0.3) is 0 Å². The molecule has 0 aromatic heterocycles. The molecule has 0 saturated heterocycles. The Balaban J connectivity index is 0.000000333. The van der Waals surface area contributed by atoms with Crippen LogP contribution in [0.3, 0.4) is 0 Å². The van der Waals surface area contributed by atoms with Crippen molar-refractivity contribution >= 4 is 97.6 Å². The first-order valence-corrected chi connectivity index (χ1v) is 20.9. The molecule has 0 spiro atoms. The van der Waals surface area contributed by atoms with Gasteiger partial charge in [0.1, 0.15) is 0 Å². The first kappa shape index (κ1) is 44.3. The summed E-state index contributed by atoms with van der Waals surface area (Å²) in [6.45, 7) is 17.6. The molecule has 266 valence electrons. The summed E-state index contributed by atoms with van der Waals surface area (Å²) in [5.41, 5.74) is 5.28. The van der Waals surface area contributed by atoms with E-state index < -0.39 is 0 Å². The average molecular weight is 840 g/mol. The van der Waals surface area contributed by atoms with Gasteiger partial charge in [0.05, 0.1) is 0 Å². The summed E-state index contributed by atoms with van der Waals surface area (Å²) in [6.07, 6.45) is 0. The molecule has 0 bridgehead atoms. The van der Waals surface area contributed by atoms with Gasteiger partial charge in [0.2, 0.25) is 0 Å². The van der Waals surface area contributed by atoms with Gasteiger partial charge in [-0.2, -0.15) is 0 Å². The van der Waals surface area contributed by atoms with Crippen LogP contribution in [0, 0.1) is 0 Å². The molecule has 49 heavy (non-hydrogen) atoms. The summed E-state index contributed by atoms with van der Waals surface area (Å²) in [4.78, 5) is 4.82. The minimum absolute atomic E-state index is 0. The van der Waals surface area contributed by atoms with Gasteiger partial charge in [0.15, 0.2) is 0 Å². The van der Waals surface area contributed by atoms with E-state index in [0.717, 1.165) is 16.9 Å². The number of rotatable bonds is 12. The Morgan fingerprint density at radius 2 is 0.510 bits per heavy atom. The zero-order chi connectivity index (χ0) is 35.4. The van der Waals surface area contributed by atoms with E-state index in [0.29, 0.717) is 23.7 Å². The van der Waals surface area contributed by atoms with E-state index >= 15 is 0 Å². The van der Waals surface area contributed by atoms with Crippen LogP contribution in [0.25, 0.3) is 0 Å². The van der Waals surface area contributed by atoms with Crippen LogP contribution in [-0.2, 0) is 67.0 Å². The van der Waals surface area contributed by atoms with E-state index in [4.69, 9.17) is 50.5 Å². The standard InChI is InChI=1S/2C20H24S4.Ni/c2*1-13(2)15-9-5-7-11-17(15)23-19(21)20(22)24-18-12-8-6-10-16(18)14(3)4;/h2*5-14,21-22H,1-4H3;/p-4/b2*20-19-;. The van der Waals surface area contributed by atoms with Crippen molar-refractivity contribution in [1.29, 1.82) is 0 Å². The molecule has 4 aromatic carbocycles. The zero-order valence-corrected chi connectivity index (χ0v) is 36.6. The fourth-order valence-electron chi connectivity index (χ4n) is 4.77. The molecule has 0 amide bonds. The van der Waals surface area contributed by atoms with Crippen LogP contribution in [0.5, 0.6) is 0 Å². The Bertz CT molecular complexity index is 1440. The van der Waals surface area contributed by atoms with E-state index in [-0.39, 0.29) is 16.5 Å². The molecule has 0 aliphatic rings. The molecule has 0 radical (unpaired) electrons. The second-order valence-electron chi connectivity index (χ2n) is 12.3. The number of benzene rings is 4. The Kier molecular flexibility index (Phi) is 20.1. The van der Waals surface area contributed by atoms with Crippen molar-refractivity contribution in [2.45, 2.75) is 98.6 Å². The minimum atomic E-state index is 0. The molecule has 4 rings (SSSR count). The first-order chi connectivity index (χ1) is 22.8. The van der Waals surface area contributed by atoms with E-state index in [1.54, 1.807) is 47.0 Å². The molecular formula is C40H44NiS8-4. The molecule has 0 aliphatic heterocycles. The summed E-state index contributed by atoms with van der Waals surface area (Å²) in [7, 11) is 0. The second kappa shape index (κ2) is 22.3. The van der Waals surface area contributed by atoms with Gasteiger partial charge in [-0.05, 0) is 70.2 Å². The van der Waals surface area contributed by atoms with Crippen molar-refractivity contribution in [2.24, 2.45) is 0 Å². The summed E-state index contributed by atoms with van der Waals surface area (Å²) in [6, 6.07) is 33.7. The first-order valence-electron chi connectivity index (χ1n) is 16.0. The molecule has 0 heterocycles. The summed E-state index contributed by atoms with van der Waals surface area (Å²) in [5.74, 6) is 1.89. The normalized spacial score (nSPS) is 12.3. The average Bonchev–Trinajstić information content (AvgIpc) is 3.05. The number of hydrogen-bond acceptors (Lipinski definition) is 8. The van der Waals surface area contributed by atoms with Gasteiger partial charge in [-0.25, -0.2) is 0 Å². The summed E-state index contributed by atoms with van der Waals surface area (Å²) in [5, 5.41) is 0. The molecule has 0 atom stereocenters. The fraction of sp³-hybridized carbons (Fsp3) is 0.300. The molecule has 0 aliphatic carbocycles. The van der Waals surface area contributed by atoms with Gasteiger partial charge in [-0.1, -0.05) is 128 Å². The third kappa shape index (κ3) is 13.9.